The molecule has 4 heteroatoms. The smallest absolute Gasteiger partial charge is 0.146 e. The van der Waals surface area contributed by atoms with E-state index in [1.807, 2.05) is 0 Å². The lowest BCUT2D eigenvalue weighted by atomic mass is 10.4. The Kier molecular flexibility index (Phi) is 3.79. The van der Waals surface area contributed by atoms with Crippen molar-refractivity contribution < 1.29 is 19.0 Å². The van der Waals surface area contributed by atoms with E-state index < -0.39 is 0 Å². The van der Waals surface area contributed by atoms with Gasteiger partial charge in [-0.05, 0) is 12.1 Å². The molecule has 0 spiro atoms. The summed E-state index contributed by atoms with van der Waals surface area (Å²) in [6, 6.07) is 3.48. The van der Waals surface area contributed by atoms with Crippen LogP contribution in [0.1, 0.15) is 11.5 Å². The molecule has 0 saturated carbocycles. The van der Waals surface area contributed by atoms with Gasteiger partial charge in [0.05, 0.1) is 0 Å². The van der Waals surface area contributed by atoms with Crippen molar-refractivity contribution in [2.24, 2.45) is 0 Å². The Hall–Kier alpha value is -0.840. The fourth-order valence-corrected chi connectivity index (χ4v) is 0.810. The van der Waals surface area contributed by atoms with Crippen LogP contribution < -0.4 is 0 Å². The van der Waals surface area contributed by atoms with Crippen LogP contribution in [-0.4, -0.2) is 19.0 Å². The predicted octanol–water partition coefficient (Wildman–Crippen LogP) is 0.892. The first kappa shape index (κ1) is 9.25. The largest absolute Gasteiger partial charge is 0.461 e. The van der Waals surface area contributed by atoms with Crippen LogP contribution in [0.25, 0.3) is 0 Å². The normalized spacial score (nSPS) is 10.5. The lowest BCUT2D eigenvalue weighted by Crippen LogP contribution is -1.95. The SMILES string of the molecule is COCOCc1ccc(CO)o1. The molecule has 0 bridgehead atoms. The van der Waals surface area contributed by atoms with Gasteiger partial charge in [0.2, 0.25) is 0 Å². The number of rotatable bonds is 5. The van der Waals surface area contributed by atoms with Crippen LogP contribution in [0.15, 0.2) is 16.5 Å². The molecule has 1 aromatic rings. The molecule has 0 atom stereocenters. The Labute approximate surface area is 70.7 Å². The maximum Gasteiger partial charge on any atom is 0.146 e. The number of hydrogen-bond acceptors (Lipinski definition) is 4. The number of aliphatic hydroxyl groups is 1. The van der Waals surface area contributed by atoms with Crippen molar-refractivity contribution in [3.8, 4) is 0 Å². The van der Waals surface area contributed by atoms with Crippen LogP contribution in [0.5, 0.6) is 0 Å². The van der Waals surface area contributed by atoms with Crippen LogP contribution in [0, 0.1) is 0 Å². The number of hydrogen-bond donors (Lipinski definition) is 1. The average molecular weight is 172 g/mol. The van der Waals surface area contributed by atoms with Crippen molar-refractivity contribution in [2.75, 3.05) is 13.9 Å². The van der Waals surface area contributed by atoms with Crippen LogP contribution in [0.3, 0.4) is 0 Å². The minimum atomic E-state index is -0.0791. The minimum absolute atomic E-state index is 0.0791. The second-order valence-corrected chi connectivity index (χ2v) is 2.28. The van der Waals surface area contributed by atoms with Crippen molar-refractivity contribution in [2.45, 2.75) is 13.2 Å². The van der Waals surface area contributed by atoms with Crippen molar-refractivity contribution in [3.05, 3.63) is 23.7 Å². The van der Waals surface area contributed by atoms with Gasteiger partial charge in [0.25, 0.3) is 0 Å². The summed E-state index contributed by atoms with van der Waals surface area (Å²) in [6.07, 6.45) is 0. The molecule has 1 rings (SSSR count). The summed E-state index contributed by atoms with van der Waals surface area (Å²) >= 11 is 0. The predicted molar refractivity (Wildman–Crippen MR) is 41.3 cm³/mol. The highest BCUT2D eigenvalue weighted by Crippen LogP contribution is 2.08. The highest BCUT2D eigenvalue weighted by molar-refractivity contribution is 5.05. The Morgan fingerprint density at radius 3 is 2.75 bits per heavy atom. The van der Waals surface area contributed by atoms with Crippen molar-refractivity contribution in [1.29, 1.82) is 0 Å². The molecule has 0 aromatic carbocycles. The molecule has 12 heavy (non-hydrogen) atoms. The summed E-state index contributed by atoms with van der Waals surface area (Å²) in [6.45, 7) is 0.535. The monoisotopic (exact) mass is 172 g/mol. The molecule has 68 valence electrons. The van der Waals surface area contributed by atoms with E-state index in [1.54, 1.807) is 19.2 Å². The highest BCUT2D eigenvalue weighted by atomic mass is 16.7. The van der Waals surface area contributed by atoms with Crippen molar-refractivity contribution in [3.63, 3.8) is 0 Å². The summed E-state index contributed by atoms with van der Waals surface area (Å²) in [4.78, 5) is 0. The van der Waals surface area contributed by atoms with Gasteiger partial charge in [-0.25, -0.2) is 0 Å². The molecule has 0 amide bonds. The molecule has 1 N–H and O–H groups in total. The van der Waals surface area contributed by atoms with Gasteiger partial charge in [0, 0.05) is 7.11 Å². The van der Waals surface area contributed by atoms with Gasteiger partial charge >= 0.3 is 0 Å². The number of methoxy groups -OCH3 is 1. The van der Waals surface area contributed by atoms with E-state index in [1.165, 1.54) is 0 Å². The number of ether oxygens (including phenoxy) is 2. The molecule has 0 radical (unpaired) electrons. The first-order valence-electron chi connectivity index (χ1n) is 3.62. The van der Waals surface area contributed by atoms with E-state index in [2.05, 4.69) is 4.74 Å². The van der Waals surface area contributed by atoms with Gasteiger partial charge in [-0.1, -0.05) is 0 Å². The highest BCUT2D eigenvalue weighted by Gasteiger charge is 1.99. The second-order valence-electron chi connectivity index (χ2n) is 2.28. The standard InChI is InChI=1S/C8H12O4/c1-10-6-11-5-8-3-2-7(4-9)12-8/h2-3,9H,4-6H2,1H3. The maximum absolute atomic E-state index is 8.66. The zero-order chi connectivity index (χ0) is 8.81. The third kappa shape index (κ3) is 2.65. The molecule has 0 fully saturated rings. The number of furan rings is 1. The fourth-order valence-electron chi connectivity index (χ4n) is 0.810. The van der Waals surface area contributed by atoms with E-state index in [-0.39, 0.29) is 13.4 Å². The van der Waals surface area contributed by atoms with E-state index in [0.29, 0.717) is 18.1 Å². The Morgan fingerprint density at radius 2 is 2.17 bits per heavy atom. The zero-order valence-electron chi connectivity index (χ0n) is 6.95. The molecule has 4 nitrogen and oxygen atoms in total. The third-order valence-corrected chi connectivity index (χ3v) is 1.32. The van der Waals surface area contributed by atoms with E-state index in [0.717, 1.165) is 0 Å². The van der Waals surface area contributed by atoms with Gasteiger partial charge in [-0.3, -0.25) is 0 Å². The minimum Gasteiger partial charge on any atom is -0.461 e. The summed E-state index contributed by atoms with van der Waals surface area (Å²) in [7, 11) is 1.56. The van der Waals surface area contributed by atoms with Gasteiger partial charge < -0.3 is 19.0 Å². The first-order chi connectivity index (χ1) is 5.86. The summed E-state index contributed by atoms with van der Waals surface area (Å²) in [5.74, 6) is 1.24. The van der Waals surface area contributed by atoms with Gasteiger partial charge in [-0.15, -0.1) is 0 Å². The average Bonchev–Trinajstić information content (AvgIpc) is 2.53. The molecule has 0 unspecified atom stereocenters. The van der Waals surface area contributed by atoms with Crippen molar-refractivity contribution in [1.82, 2.24) is 0 Å². The van der Waals surface area contributed by atoms with Crippen molar-refractivity contribution >= 4 is 0 Å². The molecular formula is C8H12O4. The topological polar surface area (TPSA) is 51.8 Å². The van der Waals surface area contributed by atoms with Gasteiger partial charge in [0.15, 0.2) is 0 Å². The molecule has 0 aliphatic carbocycles. The Bertz CT molecular complexity index is 219. The third-order valence-electron chi connectivity index (χ3n) is 1.32. The molecule has 0 saturated heterocycles. The molecular weight excluding hydrogens is 160 g/mol. The number of aliphatic hydroxyl groups excluding tert-OH is 1. The molecule has 0 aliphatic rings. The van der Waals surface area contributed by atoms with E-state index in [4.69, 9.17) is 14.3 Å². The van der Waals surface area contributed by atoms with E-state index >= 15 is 0 Å². The lowest BCUT2D eigenvalue weighted by molar-refractivity contribution is -0.0444. The molecule has 1 heterocycles. The molecule has 0 aliphatic heterocycles. The van der Waals surface area contributed by atoms with Crippen LogP contribution in [-0.2, 0) is 22.7 Å². The van der Waals surface area contributed by atoms with Gasteiger partial charge in [-0.2, -0.15) is 0 Å². The zero-order valence-corrected chi connectivity index (χ0v) is 6.95. The summed E-state index contributed by atoms with van der Waals surface area (Å²) in [5, 5.41) is 8.66. The van der Waals surface area contributed by atoms with E-state index in [9.17, 15) is 0 Å². The quantitative estimate of drug-likeness (QED) is 0.529. The van der Waals surface area contributed by atoms with Crippen LogP contribution in [0.2, 0.25) is 0 Å². The van der Waals surface area contributed by atoms with Crippen LogP contribution in [0.4, 0.5) is 0 Å². The summed E-state index contributed by atoms with van der Waals surface area (Å²) < 4.78 is 14.9. The Morgan fingerprint density at radius 1 is 1.42 bits per heavy atom. The fraction of sp³-hybridized carbons (Fsp3) is 0.500. The maximum atomic E-state index is 8.66. The summed E-state index contributed by atoms with van der Waals surface area (Å²) in [5.41, 5.74) is 0. The van der Waals surface area contributed by atoms with Crippen LogP contribution >= 0.6 is 0 Å². The Balaban J connectivity index is 2.31. The molecule has 1 aromatic heterocycles. The first-order valence-corrected chi connectivity index (χ1v) is 3.62. The second kappa shape index (κ2) is 4.92. The lowest BCUT2D eigenvalue weighted by Gasteiger charge is -1.98. The van der Waals surface area contributed by atoms with Gasteiger partial charge in [0.1, 0.15) is 31.5 Å².